The van der Waals surface area contributed by atoms with Crippen LogP contribution in [-0.4, -0.2) is 41.3 Å². The Morgan fingerprint density at radius 3 is 2.45 bits per heavy atom. The van der Waals surface area contributed by atoms with Gasteiger partial charge in [0.15, 0.2) is 5.78 Å². The molecular weight excluding hydrogens is 370 g/mol. The van der Waals surface area contributed by atoms with Gasteiger partial charge in [0.2, 0.25) is 0 Å². The van der Waals surface area contributed by atoms with Crippen LogP contribution in [0.5, 0.6) is 0 Å². The van der Waals surface area contributed by atoms with Gasteiger partial charge in [0, 0.05) is 28.3 Å². The van der Waals surface area contributed by atoms with Crippen LogP contribution in [0.15, 0.2) is 71.4 Å². The standard InChI is InChI=1S/C23H21NO5/c1-13-18(23(28)29-12-15(26)11-25)19(14-7-3-2-4-8-14)20-21(24-13)16-9-5-6-10-17(16)22(20)27/h2-10,15,19,24-26H,11-12H2,1H3/t15-,19+/m0/s1. The van der Waals surface area contributed by atoms with Gasteiger partial charge in [-0.1, -0.05) is 54.6 Å². The number of ketones is 1. The first-order valence-electron chi connectivity index (χ1n) is 9.40. The zero-order chi connectivity index (χ0) is 20.5. The van der Waals surface area contributed by atoms with Crippen molar-refractivity contribution in [2.45, 2.75) is 18.9 Å². The number of ether oxygens (including phenoxy) is 1. The zero-order valence-electron chi connectivity index (χ0n) is 15.9. The topological polar surface area (TPSA) is 95.9 Å². The number of dihydropyridines is 1. The first-order chi connectivity index (χ1) is 14.0. The largest absolute Gasteiger partial charge is 0.459 e. The number of carbonyl (C=O) groups is 2. The van der Waals surface area contributed by atoms with E-state index in [9.17, 15) is 14.7 Å². The third-order valence-electron chi connectivity index (χ3n) is 5.22. The molecule has 2 aromatic carbocycles. The van der Waals surface area contributed by atoms with Crippen molar-refractivity contribution in [3.05, 3.63) is 88.1 Å². The molecule has 0 fully saturated rings. The van der Waals surface area contributed by atoms with Crippen molar-refractivity contribution in [3.8, 4) is 0 Å². The van der Waals surface area contributed by atoms with Gasteiger partial charge in [0.1, 0.15) is 12.7 Å². The molecule has 0 spiro atoms. The van der Waals surface area contributed by atoms with Crippen molar-refractivity contribution in [3.63, 3.8) is 0 Å². The average Bonchev–Trinajstić information content (AvgIpc) is 3.03. The van der Waals surface area contributed by atoms with E-state index in [1.54, 1.807) is 13.0 Å². The Morgan fingerprint density at radius 2 is 1.76 bits per heavy atom. The number of Topliss-reactive ketones (excluding diaryl/α,β-unsaturated/α-hetero) is 1. The van der Waals surface area contributed by atoms with Crippen LogP contribution < -0.4 is 5.32 Å². The van der Waals surface area contributed by atoms with E-state index in [1.165, 1.54) is 0 Å². The van der Waals surface area contributed by atoms with E-state index in [0.29, 0.717) is 28.1 Å². The molecule has 2 aromatic rings. The minimum absolute atomic E-state index is 0.120. The molecule has 0 saturated heterocycles. The molecule has 0 aromatic heterocycles. The van der Waals surface area contributed by atoms with E-state index in [-0.39, 0.29) is 12.4 Å². The molecule has 1 aliphatic heterocycles. The van der Waals surface area contributed by atoms with Crippen molar-refractivity contribution in [2.24, 2.45) is 0 Å². The highest BCUT2D eigenvalue weighted by Crippen LogP contribution is 2.46. The van der Waals surface area contributed by atoms with E-state index in [0.717, 1.165) is 11.1 Å². The molecule has 148 valence electrons. The van der Waals surface area contributed by atoms with Crippen LogP contribution in [0.3, 0.4) is 0 Å². The summed E-state index contributed by atoms with van der Waals surface area (Å²) in [5, 5.41) is 21.7. The quantitative estimate of drug-likeness (QED) is 0.676. The minimum atomic E-state index is -1.15. The maximum atomic E-state index is 13.3. The van der Waals surface area contributed by atoms with Gasteiger partial charge < -0.3 is 20.3 Å². The summed E-state index contributed by atoms with van der Waals surface area (Å²) >= 11 is 0. The van der Waals surface area contributed by atoms with Gasteiger partial charge in [0.05, 0.1) is 17.9 Å². The number of hydrogen-bond acceptors (Lipinski definition) is 6. The van der Waals surface area contributed by atoms with Gasteiger partial charge in [0.25, 0.3) is 0 Å². The van der Waals surface area contributed by atoms with Crippen molar-refractivity contribution in [2.75, 3.05) is 13.2 Å². The fourth-order valence-corrected chi connectivity index (χ4v) is 3.88. The minimum Gasteiger partial charge on any atom is -0.459 e. The molecule has 6 heteroatoms. The summed E-state index contributed by atoms with van der Waals surface area (Å²) in [4.78, 5) is 26.2. The summed E-state index contributed by atoms with van der Waals surface area (Å²) in [6, 6.07) is 16.7. The Balaban J connectivity index is 1.80. The highest BCUT2D eigenvalue weighted by molar-refractivity contribution is 6.23. The number of nitrogens with one attached hydrogen (secondary N) is 1. The lowest BCUT2D eigenvalue weighted by molar-refractivity contribution is -0.143. The third-order valence-corrected chi connectivity index (χ3v) is 5.22. The van der Waals surface area contributed by atoms with Gasteiger partial charge in [-0.05, 0) is 12.5 Å². The predicted molar refractivity (Wildman–Crippen MR) is 107 cm³/mol. The van der Waals surface area contributed by atoms with E-state index >= 15 is 0 Å². The Morgan fingerprint density at radius 1 is 1.10 bits per heavy atom. The van der Waals surface area contributed by atoms with Crippen LogP contribution in [-0.2, 0) is 9.53 Å². The van der Waals surface area contributed by atoms with Crippen molar-refractivity contribution >= 4 is 17.4 Å². The molecule has 2 aliphatic rings. The number of benzene rings is 2. The third kappa shape index (κ3) is 3.26. The van der Waals surface area contributed by atoms with E-state index in [1.807, 2.05) is 48.5 Å². The summed E-state index contributed by atoms with van der Waals surface area (Å²) in [5.74, 6) is -1.34. The molecular formula is C23H21NO5. The second-order valence-corrected chi connectivity index (χ2v) is 7.11. The predicted octanol–water partition coefficient (Wildman–Crippen LogP) is 2.15. The second-order valence-electron chi connectivity index (χ2n) is 7.11. The van der Waals surface area contributed by atoms with Crippen molar-refractivity contribution < 1.29 is 24.5 Å². The molecule has 29 heavy (non-hydrogen) atoms. The van der Waals surface area contributed by atoms with E-state index in [2.05, 4.69) is 5.32 Å². The van der Waals surface area contributed by atoms with Gasteiger partial charge in [-0.25, -0.2) is 4.79 Å². The number of fused-ring (bicyclic) bond motifs is 2. The molecule has 1 aliphatic carbocycles. The fraction of sp³-hybridized carbons (Fsp3) is 0.217. The first kappa shape index (κ1) is 19.1. The molecule has 1 heterocycles. The number of aliphatic hydroxyl groups is 2. The van der Waals surface area contributed by atoms with Crippen LogP contribution in [0.4, 0.5) is 0 Å². The SMILES string of the molecule is CC1=C(C(=O)OC[C@@H](O)CO)[C@@H](c2ccccc2)C2=C(N1)c1ccccc1C2=O. The number of carbonyl (C=O) groups excluding carboxylic acids is 2. The lowest BCUT2D eigenvalue weighted by Crippen LogP contribution is -2.31. The van der Waals surface area contributed by atoms with Crippen LogP contribution in [0.2, 0.25) is 0 Å². The van der Waals surface area contributed by atoms with Crippen LogP contribution in [0.1, 0.15) is 34.3 Å². The van der Waals surface area contributed by atoms with Crippen LogP contribution in [0.25, 0.3) is 5.70 Å². The van der Waals surface area contributed by atoms with Gasteiger partial charge in [-0.3, -0.25) is 4.79 Å². The molecule has 6 nitrogen and oxygen atoms in total. The smallest absolute Gasteiger partial charge is 0.336 e. The van der Waals surface area contributed by atoms with Crippen LogP contribution in [0, 0.1) is 0 Å². The van der Waals surface area contributed by atoms with Crippen LogP contribution >= 0.6 is 0 Å². The lowest BCUT2D eigenvalue weighted by Gasteiger charge is -2.29. The highest BCUT2D eigenvalue weighted by atomic mass is 16.5. The number of allylic oxidation sites excluding steroid dienone is 2. The number of rotatable bonds is 5. The Hall–Kier alpha value is -3.22. The van der Waals surface area contributed by atoms with Gasteiger partial charge in [-0.15, -0.1) is 0 Å². The Bertz CT molecular complexity index is 1040. The van der Waals surface area contributed by atoms with Crippen molar-refractivity contribution in [1.29, 1.82) is 0 Å². The number of esters is 1. The molecule has 3 N–H and O–H groups in total. The maximum absolute atomic E-state index is 13.3. The molecule has 2 atom stereocenters. The summed E-state index contributed by atoms with van der Waals surface area (Å²) in [7, 11) is 0. The molecule has 0 amide bonds. The zero-order valence-corrected chi connectivity index (χ0v) is 15.9. The van der Waals surface area contributed by atoms with Gasteiger partial charge >= 0.3 is 5.97 Å². The summed E-state index contributed by atoms with van der Waals surface area (Å²) < 4.78 is 5.24. The maximum Gasteiger partial charge on any atom is 0.336 e. The van der Waals surface area contributed by atoms with E-state index < -0.39 is 24.6 Å². The molecule has 0 saturated carbocycles. The van der Waals surface area contributed by atoms with E-state index in [4.69, 9.17) is 9.84 Å². The normalized spacial score (nSPS) is 18.9. The summed E-state index contributed by atoms with van der Waals surface area (Å²) in [6.07, 6.45) is -1.15. The summed E-state index contributed by atoms with van der Waals surface area (Å²) in [6.45, 7) is 0.937. The lowest BCUT2D eigenvalue weighted by atomic mass is 9.80. The second kappa shape index (κ2) is 7.66. The molecule has 4 rings (SSSR count). The number of hydrogen-bond donors (Lipinski definition) is 3. The molecule has 0 bridgehead atoms. The highest BCUT2D eigenvalue weighted by Gasteiger charge is 2.42. The average molecular weight is 391 g/mol. The van der Waals surface area contributed by atoms with Gasteiger partial charge in [-0.2, -0.15) is 0 Å². The van der Waals surface area contributed by atoms with Crippen molar-refractivity contribution in [1.82, 2.24) is 5.32 Å². The summed E-state index contributed by atoms with van der Waals surface area (Å²) in [5.41, 5.74) is 4.35. The molecule has 0 unspecified atom stereocenters. The molecule has 0 radical (unpaired) electrons. The Kier molecular flexibility index (Phi) is 5.05. The number of aliphatic hydroxyl groups excluding tert-OH is 2. The first-order valence-corrected chi connectivity index (χ1v) is 9.40. The Labute approximate surface area is 168 Å². The monoisotopic (exact) mass is 391 g/mol. The fourth-order valence-electron chi connectivity index (χ4n) is 3.88.